The van der Waals surface area contributed by atoms with Crippen LogP contribution in [0.3, 0.4) is 0 Å². The van der Waals surface area contributed by atoms with Gasteiger partial charge in [0.25, 0.3) is 0 Å². The third kappa shape index (κ3) is 17.7. The Morgan fingerprint density at radius 2 is 1.19 bits per heavy atom. The molecule has 0 aromatic rings. The van der Waals surface area contributed by atoms with Crippen LogP contribution in [0.15, 0.2) is 0 Å². The van der Waals surface area contributed by atoms with Crippen LogP contribution in [0.4, 0.5) is 0 Å². The summed E-state index contributed by atoms with van der Waals surface area (Å²) in [6, 6.07) is 0. The standard InChI is InChI=1S/C11H24O2S2.Na.H/c1-2-3-4-5-6-7-8-9-10-11-15(12,13)14;;/h2-11H2,1H3,(H,12,13,14);;. The molecule has 0 atom stereocenters. The molecule has 0 fully saturated rings. The summed E-state index contributed by atoms with van der Waals surface area (Å²) in [5.74, 6) is 0.228. The van der Waals surface area contributed by atoms with Crippen LogP contribution in [0.1, 0.15) is 64.7 Å². The van der Waals surface area contributed by atoms with E-state index in [9.17, 15) is 8.42 Å². The predicted octanol–water partition coefficient (Wildman–Crippen LogP) is 3.13. The molecule has 0 saturated carbocycles. The van der Waals surface area contributed by atoms with Gasteiger partial charge in [-0.25, -0.2) is 8.42 Å². The molecule has 0 aromatic carbocycles. The second kappa shape index (κ2) is 12.7. The van der Waals surface area contributed by atoms with Gasteiger partial charge in [-0.2, -0.15) is 0 Å². The molecular weight excluding hydrogens is 251 g/mol. The molecule has 16 heavy (non-hydrogen) atoms. The van der Waals surface area contributed by atoms with Gasteiger partial charge in [-0.3, -0.25) is 0 Å². The summed E-state index contributed by atoms with van der Waals surface area (Å²) in [4.78, 5) is 0. The van der Waals surface area contributed by atoms with Crippen LogP contribution in [-0.2, 0) is 8.87 Å². The Morgan fingerprint density at radius 1 is 0.812 bits per heavy atom. The SMILES string of the molecule is CCCCCCCCCCCS(=O)(=O)S.[NaH]. The van der Waals surface area contributed by atoms with E-state index in [2.05, 4.69) is 18.6 Å². The summed E-state index contributed by atoms with van der Waals surface area (Å²) in [5, 5.41) is 0. The molecule has 0 aliphatic carbocycles. The van der Waals surface area contributed by atoms with Crippen LogP contribution in [0, 0.1) is 0 Å². The van der Waals surface area contributed by atoms with E-state index in [1.807, 2.05) is 0 Å². The van der Waals surface area contributed by atoms with Crippen molar-refractivity contribution in [3.05, 3.63) is 0 Å². The average molecular weight is 276 g/mol. The number of unbranched alkanes of at least 4 members (excludes halogenated alkanes) is 8. The summed E-state index contributed by atoms with van der Waals surface area (Å²) in [6.07, 6.45) is 10.8. The molecule has 0 aliphatic heterocycles. The van der Waals surface area contributed by atoms with Crippen LogP contribution < -0.4 is 0 Å². The first-order chi connectivity index (χ1) is 7.06. The van der Waals surface area contributed by atoms with Gasteiger partial charge in [0.05, 0.1) is 5.75 Å². The van der Waals surface area contributed by atoms with Crippen molar-refractivity contribution in [2.75, 3.05) is 5.75 Å². The van der Waals surface area contributed by atoms with Gasteiger partial charge in [-0.1, -0.05) is 58.3 Å². The van der Waals surface area contributed by atoms with Gasteiger partial charge in [0.2, 0.25) is 0 Å². The Bertz CT molecular complexity index is 228. The van der Waals surface area contributed by atoms with Gasteiger partial charge in [-0.05, 0) is 18.1 Å². The maximum absolute atomic E-state index is 10.7. The molecule has 5 heteroatoms. The number of rotatable bonds is 10. The van der Waals surface area contributed by atoms with Crippen LogP contribution in [0.25, 0.3) is 0 Å². The molecule has 2 nitrogen and oxygen atoms in total. The van der Waals surface area contributed by atoms with E-state index < -0.39 is 8.87 Å². The van der Waals surface area contributed by atoms with Crippen molar-refractivity contribution in [2.45, 2.75) is 64.7 Å². The van der Waals surface area contributed by atoms with Crippen molar-refractivity contribution in [3.63, 3.8) is 0 Å². The summed E-state index contributed by atoms with van der Waals surface area (Å²) in [7, 11) is -3.03. The Balaban J connectivity index is 0. The van der Waals surface area contributed by atoms with Crippen molar-refractivity contribution in [1.29, 1.82) is 0 Å². The molecule has 0 spiro atoms. The summed E-state index contributed by atoms with van der Waals surface area (Å²) in [5.41, 5.74) is 0. The van der Waals surface area contributed by atoms with Gasteiger partial charge in [0.1, 0.15) is 0 Å². The summed E-state index contributed by atoms with van der Waals surface area (Å²) >= 11 is 3.51. The van der Waals surface area contributed by atoms with Crippen LogP contribution in [-0.4, -0.2) is 43.7 Å². The van der Waals surface area contributed by atoms with Gasteiger partial charge >= 0.3 is 29.6 Å². The van der Waals surface area contributed by atoms with E-state index in [4.69, 9.17) is 0 Å². The van der Waals surface area contributed by atoms with Crippen LogP contribution in [0.2, 0.25) is 0 Å². The monoisotopic (exact) mass is 276 g/mol. The molecule has 0 aromatic heterocycles. The Kier molecular flexibility index (Phi) is 15.6. The molecule has 0 N–H and O–H groups in total. The first kappa shape index (κ1) is 19.6. The summed E-state index contributed by atoms with van der Waals surface area (Å²) in [6.45, 7) is 2.22. The van der Waals surface area contributed by atoms with E-state index >= 15 is 0 Å². The van der Waals surface area contributed by atoms with E-state index in [1.165, 1.54) is 38.5 Å². The molecule has 0 aliphatic rings. The third-order valence-corrected chi connectivity index (χ3v) is 3.86. The molecule has 0 saturated heterocycles. The molecular formula is C11H25NaO2S2. The van der Waals surface area contributed by atoms with Crippen LogP contribution >= 0.6 is 11.7 Å². The summed E-state index contributed by atoms with van der Waals surface area (Å²) < 4.78 is 21.4. The fourth-order valence-electron chi connectivity index (χ4n) is 1.60. The topological polar surface area (TPSA) is 34.1 Å². The normalized spacial score (nSPS) is 11.1. The maximum atomic E-state index is 10.7. The Labute approximate surface area is 128 Å². The van der Waals surface area contributed by atoms with Crippen LogP contribution in [0.5, 0.6) is 0 Å². The zero-order chi connectivity index (χ0) is 11.6. The van der Waals surface area contributed by atoms with Gasteiger partial charge < -0.3 is 0 Å². The van der Waals surface area contributed by atoms with Gasteiger partial charge in [-0.15, -0.1) is 0 Å². The Hall–Kier alpha value is 1.30. The molecule has 0 bridgehead atoms. The van der Waals surface area contributed by atoms with Crippen molar-refractivity contribution < 1.29 is 8.42 Å². The van der Waals surface area contributed by atoms with E-state index in [0.29, 0.717) is 0 Å². The third-order valence-electron chi connectivity index (χ3n) is 2.51. The molecule has 94 valence electrons. The minimum absolute atomic E-state index is 0. The fourth-order valence-corrected chi connectivity index (χ4v) is 2.55. The van der Waals surface area contributed by atoms with Crippen molar-refractivity contribution in [2.24, 2.45) is 0 Å². The van der Waals surface area contributed by atoms with Crippen molar-refractivity contribution >= 4 is 50.1 Å². The second-order valence-electron chi connectivity index (χ2n) is 4.11. The molecule has 0 rings (SSSR count). The minimum atomic E-state index is -3.03. The molecule has 0 amide bonds. The van der Waals surface area contributed by atoms with E-state index in [0.717, 1.165) is 19.3 Å². The number of hydrogen-bond acceptors (Lipinski definition) is 2. The zero-order valence-electron chi connectivity index (χ0n) is 9.74. The van der Waals surface area contributed by atoms with Crippen molar-refractivity contribution in [3.8, 4) is 0 Å². The zero-order valence-corrected chi connectivity index (χ0v) is 11.5. The molecule has 0 heterocycles. The number of thiol groups is 1. The average Bonchev–Trinajstić information content (AvgIpc) is 2.14. The quantitative estimate of drug-likeness (QED) is 0.288. The van der Waals surface area contributed by atoms with Crippen molar-refractivity contribution in [1.82, 2.24) is 0 Å². The first-order valence-electron chi connectivity index (χ1n) is 6.01. The first-order valence-corrected chi connectivity index (χ1v) is 8.72. The molecule has 0 unspecified atom stereocenters. The Morgan fingerprint density at radius 3 is 1.56 bits per heavy atom. The fraction of sp³-hybridized carbons (Fsp3) is 1.00. The van der Waals surface area contributed by atoms with E-state index in [-0.39, 0.29) is 35.3 Å². The number of hydrogen-bond donors (Lipinski definition) is 1. The predicted molar refractivity (Wildman–Crippen MR) is 77.1 cm³/mol. The van der Waals surface area contributed by atoms with Gasteiger partial charge in [0, 0.05) is 0 Å². The van der Waals surface area contributed by atoms with Gasteiger partial charge in [0.15, 0.2) is 8.87 Å². The van der Waals surface area contributed by atoms with E-state index in [1.54, 1.807) is 0 Å². The second-order valence-corrected chi connectivity index (χ2v) is 7.36. The molecule has 0 radical (unpaired) electrons.